The zero-order valence-corrected chi connectivity index (χ0v) is 8.36. The molecule has 0 heterocycles. The van der Waals surface area contributed by atoms with E-state index in [1.54, 1.807) is 11.8 Å². The Hall–Kier alpha value is -0.260. The van der Waals surface area contributed by atoms with Crippen LogP contribution in [0.25, 0.3) is 0 Å². The lowest BCUT2D eigenvalue weighted by Crippen LogP contribution is -2.38. The molecule has 0 radical (unpaired) electrons. The number of nitrogens with one attached hydrogen (secondary N) is 1. The quantitative estimate of drug-likeness (QED) is 0.316. The van der Waals surface area contributed by atoms with Crippen molar-refractivity contribution in [3.05, 3.63) is 0 Å². The Kier molecular flexibility index (Phi) is 6.14. The van der Waals surface area contributed by atoms with Gasteiger partial charge in [0.05, 0.1) is 0 Å². The SMILES string of the molecule is CC(SCCN)C(C)C(=O)NN. The maximum atomic E-state index is 11.0. The van der Waals surface area contributed by atoms with Crippen LogP contribution < -0.4 is 17.0 Å². The Labute approximate surface area is 77.4 Å². The summed E-state index contributed by atoms with van der Waals surface area (Å²) in [6.07, 6.45) is 0. The molecule has 5 N–H and O–H groups in total. The van der Waals surface area contributed by atoms with E-state index >= 15 is 0 Å². The van der Waals surface area contributed by atoms with Gasteiger partial charge in [0.2, 0.25) is 5.91 Å². The minimum absolute atomic E-state index is 0.0634. The van der Waals surface area contributed by atoms with Crippen molar-refractivity contribution in [3.63, 3.8) is 0 Å². The third kappa shape index (κ3) is 3.94. The molecule has 0 aliphatic carbocycles. The van der Waals surface area contributed by atoms with E-state index in [0.717, 1.165) is 5.75 Å². The Balaban J connectivity index is 3.75. The number of hydrazine groups is 1. The Morgan fingerprint density at radius 1 is 1.58 bits per heavy atom. The standard InChI is InChI=1S/C7H17N3OS/c1-5(7(11)10-9)6(2)12-4-3-8/h5-6H,3-4,8-9H2,1-2H3,(H,10,11). The van der Waals surface area contributed by atoms with Crippen molar-refractivity contribution in [2.75, 3.05) is 12.3 Å². The lowest BCUT2D eigenvalue weighted by molar-refractivity contribution is -0.124. The number of thioether (sulfide) groups is 1. The van der Waals surface area contributed by atoms with E-state index in [1.807, 2.05) is 13.8 Å². The summed E-state index contributed by atoms with van der Waals surface area (Å²) in [5.74, 6) is 5.70. The summed E-state index contributed by atoms with van der Waals surface area (Å²) in [5.41, 5.74) is 7.48. The van der Waals surface area contributed by atoms with Crippen LogP contribution in [0.4, 0.5) is 0 Å². The molecule has 12 heavy (non-hydrogen) atoms. The highest BCUT2D eigenvalue weighted by atomic mass is 32.2. The second-order valence-electron chi connectivity index (χ2n) is 2.66. The highest BCUT2D eigenvalue weighted by Crippen LogP contribution is 2.18. The number of amides is 1. The lowest BCUT2D eigenvalue weighted by Gasteiger charge is -2.16. The van der Waals surface area contributed by atoms with Gasteiger partial charge in [0.25, 0.3) is 0 Å². The normalized spacial score (nSPS) is 15.3. The Morgan fingerprint density at radius 3 is 2.58 bits per heavy atom. The number of hydrogen-bond acceptors (Lipinski definition) is 4. The van der Waals surface area contributed by atoms with Crippen LogP contribution in [0.15, 0.2) is 0 Å². The molecule has 0 aromatic heterocycles. The van der Waals surface area contributed by atoms with Crippen LogP contribution >= 0.6 is 11.8 Å². The molecule has 0 aliphatic heterocycles. The van der Waals surface area contributed by atoms with Gasteiger partial charge in [-0.3, -0.25) is 10.2 Å². The summed E-state index contributed by atoms with van der Waals surface area (Å²) in [7, 11) is 0. The fourth-order valence-electron chi connectivity index (χ4n) is 0.743. The molecule has 0 aromatic carbocycles. The van der Waals surface area contributed by atoms with Gasteiger partial charge in [0, 0.05) is 23.5 Å². The average molecular weight is 191 g/mol. The van der Waals surface area contributed by atoms with Gasteiger partial charge in [-0.25, -0.2) is 5.84 Å². The van der Waals surface area contributed by atoms with E-state index in [1.165, 1.54) is 0 Å². The maximum Gasteiger partial charge on any atom is 0.237 e. The average Bonchev–Trinajstić information content (AvgIpc) is 2.11. The lowest BCUT2D eigenvalue weighted by atomic mass is 10.1. The monoisotopic (exact) mass is 191 g/mol. The van der Waals surface area contributed by atoms with Crippen LogP contribution in [-0.4, -0.2) is 23.5 Å². The van der Waals surface area contributed by atoms with Gasteiger partial charge >= 0.3 is 0 Å². The molecule has 0 saturated heterocycles. The van der Waals surface area contributed by atoms with Crippen molar-refractivity contribution in [2.24, 2.45) is 17.5 Å². The van der Waals surface area contributed by atoms with Crippen molar-refractivity contribution < 1.29 is 4.79 Å². The Bertz CT molecular complexity index is 143. The molecule has 2 unspecified atom stereocenters. The number of hydrogen-bond donors (Lipinski definition) is 3. The molecule has 0 saturated carbocycles. The van der Waals surface area contributed by atoms with Crippen LogP contribution in [0, 0.1) is 5.92 Å². The third-order valence-corrected chi connectivity index (χ3v) is 3.16. The minimum atomic E-state index is -0.118. The summed E-state index contributed by atoms with van der Waals surface area (Å²) < 4.78 is 0. The summed E-state index contributed by atoms with van der Waals surface area (Å²) in [6, 6.07) is 0. The topological polar surface area (TPSA) is 81.1 Å². The molecule has 0 spiro atoms. The molecule has 0 fully saturated rings. The van der Waals surface area contributed by atoms with E-state index < -0.39 is 0 Å². The molecule has 1 amide bonds. The van der Waals surface area contributed by atoms with Crippen molar-refractivity contribution in [2.45, 2.75) is 19.1 Å². The number of carbonyl (C=O) groups excluding carboxylic acids is 1. The molecule has 4 nitrogen and oxygen atoms in total. The molecular formula is C7H17N3OS. The first-order chi connectivity index (χ1) is 5.63. The zero-order chi connectivity index (χ0) is 9.56. The number of nitrogens with two attached hydrogens (primary N) is 2. The highest BCUT2D eigenvalue weighted by Gasteiger charge is 2.18. The van der Waals surface area contributed by atoms with Crippen molar-refractivity contribution in [3.8, 4) is 0 Å². The van der Waals surface area contributed by atoms with Crippen LogP contribution in [0.5, 0.6) is 0 Å². The number of carbonyl (C=O) groups is 1. The van der Waals surface area contributed by atoms with E-state index in [4.69, 9.17) is 11.6 Å². The first kappa shape index (κ1) is 11.7. The first-order valence-corrected chi connectivity index (χ1v) is 5.00. The minimum Gasteiger partial charge on any atom is -0.330 e. The predicted octanol–water partition coefficient (Wildman–Crippen LogP) is -0.307. The van der Waals surface area contributed by atoms with Crippen LogP contribution in [0.1, 0.15) is 13.8 Å². The molecule has 2 atom stereocenters. The fourth-order valence-corrected chi connectivity index (χ4v) is 1.66. The van der Waals surface area contributed by atoms with Gasteiger partial charge < -0.3 is 5.73 Å². The smallest absolute Gasteiger partial charge is 0.237 e. The molecule has 0 bridgehead atoms. The summed E-state index contributed by atoms with van der Waals surface area (Å²) in [6.45, 7) is 4.50. The summed E-state index contributed by atoms with van der Waals surface area (Å²) in [5, 5.41) is 0.261. The van der Waals surface area contributed by atoms with Crippen LogP contribution in [0.2, 0.25) is 0 Å². The highest BCUT2D eigenvalue weighted by molar-refractivity contribution is 7.99. The van der Waals surface area contributed by atoms with E-state index in [9.17, 15) is 4.79 Å². The van der Waals surface area contributed by atoms with E-state index in [-0.39, 0.29) is 17.1 Å². The van der Waals surface area contributed by atoms with Crippen LogP contribution in [-0.2, 0) is 4.79 Å². The van der Waals surface area contributed by atoms with Crippen molar-refractivity contribution >= 4 is 17.7 Å². The molecule has 5 heteroatoms. The second-order valence-corrected chi connectivity index (χ2v) is 4.15. The van der Waals surface area contributed by atoms with Gasteiger partial charge in [-0.15, -0.1) is 0 Å². The zero-order valence-electron chi connectivity index (χ0n) is 7.54. The summed E-state index contributed by atoms with van der Waals surface area (Å²) in [4.78, 5) is 11.0. The number of rotatable bonds is 5. The molecule has 0 aliphatic rings. The van der Waals surface area contributed by atoms with Crippen LogP contribution in [0.3, 0.4) is 0 Å². The van der Waals surface area contributed by atoms with E-state index in [0.29, 0.717) is 6.54 Å². The fraction of sp³-hybridized carbons (Fsp3) is 0.857. The third-order valence-electron chi connectivity index (χ3n) is 1.76. The van der Waals surface area contributed by atoms with Crippen molar-refractivity contribution in [1.29, 1.82) is 0 Å². The van der Waals surface area contributed by atoms with Gasteiger partial charge in [-0.2, -0.15) is 11.8 Å². The largest absolute Gasteiger partial charge is 0.330 e. The molecule has 0 rings (SSSR count). The molecule has 72 valence electrons. The molecule has 0 aromatic rings. The van der Waals surface area contributed by atoms with Gasteiger partial charge in [-0.1, -0.05) is 13.8 Å². The second kappa shape index (κ2) is 6.28. The molecular weight excluding hydrogens is 174 g/mol. The van der Waals surface area contributed by atoms with Gasteiger partial charge in [0.1, 0.15) is 0 Å². The van der Waals surface area contributed by atoms with E-state index in [2.05, 4.69) is 5.43 Å². The Morgan fingerprint density at radius 2 is 2.17 bits per heavy atom. The van der Waals surface area contributed by atoms with Gasteiger partial charge in [-0.05, 0) is 0 Å². The predicted molar refractivity (Wildman–Crippen MR) is 52.5 cm³/mol. The summed E-state index contributed by atoms with van der Waals surface area (Å²) >= 11 is 1.69. The van der Waals surface area contributed by atoms with Gasteiger partial charge in [0.15, 0.2) is 0 Å². The first-order valence-electron chi connectivity index (χ1n) is 3.95. The maximum absolute atomic E-state index is 11.0. The van der Waals surface area contributed by atoms with Crippen molar-refractivity contribution in [1.82, 2.24) is 5.43 Å².